The van der Waals surface area contributed by atoms with Crippen LogP contribution < -0.4 is 10.6 Å². The number of fused-ring (bicyclic) bond motifs is 1. The van der Waals surface area contributed by atoms with Gasteiger partial charge in [-0.2, -0.15) is 5.10 Å². The van der Waals surface area contributed by atoms with Gasteiger partial charge in [-0.05, 0) is 60.7 Å². The van der Waals surface area contributed by atoms with Gasteiger partial charge in [0.2, 0.25) is 0 Å². The van der Waals surface area contributed by atoms with E-state index >= 15 is 0 Å². The normalized spacial score (nSPS) is 17.0. The maximum absolute atomic E-state index is 13.3. The first-order valence-corrected chi connectivity index (χ1v) is 14.7. The van der Waals surface area contributed by atoms with Gasteiger partial charge in [-0.15, -0.1) is 0 Å². The molecule has 1 aliphatic carbocycles. The van der Waals surface area contributed by atoms with Crippen LogP contribution in [0, 0.1) is 6.92 Å². The average Bonchev–Trinajstić information content (AvgIpc) is 3.68. The third-order valence-corrected chi connectivity index (χ3v) is 8.13. The van der Waals surface area contributed by atoms with Gasteiger partial charge in [0.15, 0.2) is 5.82 Å². The second-order valence-corrected chi connectivity index (χ2v) is 10.9. The number of aromatic nitrogens is 5. The summed E-state index contributed by atoms with van der Waals surface area (Å²) in [7, 11) is 0. The molecule has 3 heterocycles. The Morgan fingerprint density at radius 3 is 2.79 bits per heavy atom. The van der Waals surface area contributed by atoms with Crippen LogP contribution in [0.4, 0.5) is 0 Å². The van der Waals surface area contributed by atoms with Gasteiger partial charge in [0, 0.05) is 29.9 Å². The van der Waals surface area contributed by atoms with Crippen molar-refractivity contribution in [2.24, 2.45) is 0 Å². The van der Waals surface area contributed by atoms with Crippen molar-refractivity contribution in [3.05, 3.63) is 89.5 Å². The Hall–Kier alpha value is -4.34. The van der Waals surface area contributed by atoms with Crippen LogP contribution in [0.3, 0.4) is 0 Å². The second kappa shape index (κ2) is 12.7. The second-order valence-electron chi connectivity index (χ2n) is 10.9. The van der Waals surface area contributed by atoms with E-state index in [0.717, 1.165) is 66.4 Å². The summed E-state index contributed by atoms with van der Waals surface area (Å²) in [6, 6.07) is 16.3. The number of H-pyrrole nitrogens is 2. The van der Waals surface area contributed by atoms with Gasteiger partial charge in [0.25, 0.3) is 5.91 Å². The van der Waals surface area contributed by atoms with Crippen molar-refractivity contribution in [1.82, 2.24) is 35.8 Å². The Morgan fingerprint density at radius 1 is 1.07 bits per heavy atom. The molecule has 42 heavy (non-hydrogen) atoms. The van der Waals surface area contributed by atoms with Crippen LogP contribution in [0.1, 0.15) is 59.8 Å². The first kappa shape index (κ1) is 27.8. The number of hydrogen-bond donors (Lipinski definition) is 4. The lowest BCUT2D eigenvalue weighted by Crippen LogP contribution is -2.46. The van der Waals surface area contributed by atoms with E-state index in [1.54, 1.807) is 6.20 Å². The first-order chi connectivity index (χ1) is 20.6. The highest BCUT2D eigenvalue weighted by Crippen LogP contribution is 2.31. The number of ether oxygens (including phenoxy) is 1. The predicted octanol–water partition coefficient (Wildman–Crippen LogP) is 5.69. The highest BCUT2D eigenvalue weighted by atomic mass is 16.5. The molecule has 4 N–H and O–H groups in total. The van der Waals surface area contributed by atoms with Crippen molar-refractivity contribution >= 4 is 16.8 Å². The fourth-order valence-corrected chi connectivity index (χ4v) is 5.70. The summed E-state index contributed by atoms with van der Waals surface area (Å²) in [4.78, 5) is 25.5. The molecule has 216 valence electrons. The van der Waals surface area contributed by atoms with E-state index in [2.05, 4.69) is 73.9 Å². The van der Waals surface area contributed by atoms with Gasteiger partial charge < -0.3 is 20.4 Å². The molecule has 1 aliphatic rings. The number of amides is 1. The lowest BCUT2D eigenvalue weighted by Gasteiger charge is -2.32. The summed E-state index contributed by atoms with van der Waals surface area (Å²) in [5.74, 6) is 0.355. The summed E-state index contributed by atoms with van der Waals surface area (Å²) in [6.07, 6.45) is 9.38. The number of hydrogen-bond acceptors (Lipinski definition) is 6. The Morgan fingerprint density at radius 2 is 1.93 bits per heavy atom. The molecule has 3 aromatic heterocycles. The van der Waals surface area contributed by atoms with E-state index < -0.39 is 0 Å². The molecule has 0 saturated heterocycles. The van der Waals surface area contributed by atoms with E-state index in [1.807, 2.05) is 36.7 Å². The molecule has 0 unspecified atom stereocenters. The Labute approximate surface area is 245 Å². The third-order valence-electron chi connectivity index (χ3n) is 8.13. The Balaban J connectivity index is 1.19. The third kappa shape index (κ3) is 5.98. The molecule has 2 atom stereocenters. The van der Waals surface area contributed by atoms with Gasteiger partial charge in [-0.25, -0.2) is 4.98 Å². The molecular weight excluding hydrogens is 526 g/mol. The summed E-state index contributed by atoms with van der Waals surface area (Å²) < 4.78 is 6.25. The fourth-order valence-electron chi connectivity index (χ4n) is 5.70. The number of aromatic amines is 2. The molecule has 0 bridgehead atoms. The smallest absolute Gasteiger partial charge is 0.269 e. The number of rotatable bonds is 10. The van der Waals surface area contributed by atoms with E-state index in [0.29, 0.717) is 23.8 Å². The minimum atomic E-state index is -0.186. The molecule has 1 amide bonds. The van der Waals surface area contributed by atoms with Crippen LogP contribution in [0.5, 0.6) is 0 Å². The van der Waals surface area contributed by atoms with Gasteiger partial charge in [0.05, 0.1) is 30.5 Å². The van der Waals surface area contributed by atoms with Gasteiger partial charge in [-0.3, -0.25) is 14.9 Å². The first-order valence-electron chi connectivity index (χ1n) is 14.7. The van der Waals surface area contributed by atoms with Crippen LogP contribution in [-0.4, -0.2) is 49.7 Å². The SMILES string of the molecule is CCNCc1cncc(-c2ccc3[nH]nc(-c4ncc(C(=O)N[C@@H]5CCCC[C@H]5OCc5ccccc5)[nH]4)c3c2)c1C. The lowest BCUT2D eigenvalue weighted by atomic mass is 9.92. The van der Waals surface area contributed by atoms with Crippen LogP contribution in [0.2, 0.25) is 0 Å². The highest BCUT2D eigenvalue weighted by molar-refractivity contribution is 5.96. The zero-order valence-electron chi connectivity index (χ0n) is 24.1. The fraction of sp³-hybridized carbons (Fsp3) is 0.333. The summed E-state index contributed by atoms with van der Waals surface area (Å²) in [5.41, 5.74) is 7.60. The quantitative estimate of drug-likeness (QED) is 0.173. The molecule has 0 aliphatic heterocycles. The van der Waals surface area contributed by atoms with E-state index in [4.69, 9.17) is 4.74 Å². The molecule has 9 heteroatoms. The standard InChI is InChI=1S/C33H37N7O2/c1-3-34-16-24-17-35-18-26(21(24)2)23-13-14-27-25(15-23)31(40-39-27)32-36-19-29(37-32)33(41)38-28-11-7-8-12-30(28)42-20-22-9-5-4-6-10-22/h4-6,9-10,13-15,17-19,28,30,34H,3,7-8,11-12,16,20H2,1-2H3,(H,36,37)(H,38,41)(H,39,40)/t28-,30-/m1/s1. The van der Waals surface area contributed by atoms with Crippen molar-refractivity contribution in [2.45, 2.75) is 64.8 Å². The Bertz CT molecular complexity index is 1660. The van der Waals surface area contributed by atoms with Gasteiger partial charge in [-0.1, -0.05) is 56.2 Å². The van der Waals surface area contributed by atoms with Crippen molar-refractivity contribution in [1.29, 1.82) is 0 Å². The monoisotopic (exact) mass is 563 g/mol. The minimum absolute atomic E-state index is 0.0202. The maximum Gasteiger partial charge on any atom is 0.269 e. The molecule has 2 aromatic carbocycles. The van der Waals surface area contributed by atoms with Crippen molar-refractivity contribution in [3.63, 3.8) is 0 Å². The number of pyridine rings is 1. The minimum Gasteiger partial charge on any atom is -0.371 e. The summed E-state index contributed by atoms with van der Waals surface area (Å²) >= 11 is 0. The molecule has 5 aromatic rings. The number of nitrogens with zero attached hydrogens (tertiary/aromatic N) is 3. The van der Waals surface area contributed by atoms with Crippen molar-refractivity contribution in [2.75, 3.05) is 6.54 Å². The Kier molecular flexibility index (Phi) is 8.39. The number of imidazole rings is 1. The molecule has 0 spiro atoms. The summed E-state index contributed by atoms with van der Waals surface area (Å²) in [6.45, 7) is 6.45. The average molecular weight is 564 g/mol. The van der Waals surface area contributed by atoms with Gasteiger partial charge in [0.1, 0.15) is 11.4 Å². The van der Waals surface area contributed by atoms with Crippen LogP contribution in [-0.2, 0) is 17.9 Å². The van der Waals surface area contributed by atoms with Crippen LogP contribution in [0.15, 0.2) is 67.1 Å². The maximum atomic E-state index is 13.3. The molecular formula is C33H37N7O2. The van der Waals surface area contributed by atoms with Crippen LogP contribution in [0.25, 0.3) is 33.5 Å². The molecule has 9 nitrogen and oxygen atoms in total. The van der Waals surface area contributed by atoms with Crippen LogP contribution >= 0.6 is 0 Å². The molecule has 1 saturated carbocycles. The number of nitrogens with one attached hydrogen (secondary N) is 4. The lowest BCUT2D eigenvalue weighted by molar-refractivity contribution is -0.00465. The highest BCUT2D eigenvalue weighted by Gasteiger charge is 2.28. The summed E-state index contributed by atoms with van der Waals surface area (Å²) in [5, 5.41) is 15.1. The van der Waals surface area contributed by atoms with Gasteiger partial charge >= 0.3 is 0 Å². The zero-order chi connectivity index (χ0) is 28.9. The molecule has 0 radical (unpaired) electrons. The van der Waals surface area contributed by atoms with E-state index in [9.17, 15) is 4.79 Å². The topological polar surface area (TPSA) is 121 Å². The molecule has 1 fully saturated rings. The number of benzene rings is 2. The van der Waals surface area contributed by atoms with Crippen molar-refractivity contribution < 1.29 is 9.53 Å². The largest absolute Gasteiger partial charge is 0.371 e. The number of carbonyl (C=O) groups is 1. The molecule has 6 rings (SSSR count). The van der Waals surface area contributed by atoms with E-state index in [1.165, 1.54) is 11.1 Å². The van der Waals surface area contributed by atoms with Crippen molar-refractivity contribution in [3.8, 4) is 22.6 Å². The zero-order valence-corrected chi connectivity index (χ0v) is 24.1. The number of carbonyl (C=O) groups excluding carboxylic acids is 1. The van der Waals surface area contributed by atoms with E-state index in [-0.39, 0.29) is 18.1 Å². The predicted molar refractivity (Wildman–Crippen MR) is 164 cm³/mol.